The number of nitrogens with zero attached hydrogens (tertiary/aromatic N) is 3. The van der Waals surface area contributed by atoms with Crippen LogP contribution in [0, 0.1) is 5.82 Å². The Morgan fingerprint density at radius 2 is 2.10 bits per heavy atom. The molecule has 1 N–H and O–H groups in total. The molecule has 3 heterocycles. The van der Waals surface area contributed by atoms with Gasteiger partial charge in [-0.15, -0.1) is 12.4 Å². The first-order valence-corrected chi connectivity index (χ1v) is 9.37. The van der Waals surface area contributed by atoms with Crippen LogP contribution in [0.15, 0.2) is 41.1 Å². The van der Waals surface area contributed by atoms with Crippen LogP contribution in [0.2, 0.25) is 0 Å². The maximum Gasteiger partial charge on any atom is 0.257 e. The number of hydrogen-bond acceptors (Lipinski definition) is 5. The van der Waals surface area contributed by atoms with Crippen molar-refractivity contribution in [3.8, 4) is 0 Å². The number of nitrogens with one attached hydrogen (secondary N) is 1. The molecule has 0 spiro atoms. The van der Waals surface area contributed by atoms with Crippen LogP contribution in [0.3, 0.4) is 0 Å². The fourth-order valence-corrected chi connectivity index (χ4v) is 3.62. The van der Waals surface area contributed by atoms with Crippen molar-refractivity contribution in [3.05, 3.63) is 59.2 Å². The summed E-state index contributed by atoms with van der Waals surface area (Å²) >= 11 is 0. The SMILES string of the molecule is CC(C)(C)c1noc2ncc(C(=O)N3CCNCC3c3cccc(F)c3)cc12.Cl. The van der Waals surface area contributed by atoms with Crippen molar-refractivity contribution in [2.45, 2.75) is 32.2 Å². The Bertz CT molecular complexity index is 1030. The van der Waals surface area contributed by atoms with E-state index in [1.165, 1.54) is 18.3 Å². The molecular weight excluding hydrogens is 395 g/mol. The van der Waals surface area contributed by atoms with Crippen molar-refractivity contribution < 1.29 is 13.7 Å². The van der Waals surface area contributed by atoms with Gasteiger partial charge in [0.2, 0.25) is 0 Å². The van der Waals surface area contributed by atoms with E-state index in [4.69, 9.17) is 4.52 Å². The summed E-state index contributed by atoms with van der Waals surface area (Å²) in [6.45, 7) is 7.91. The smallest absolute Gasteiger partial charge is 0.257 e. The minimum absolute atomic E-state index is 0. The molecule has 0 bridgehead atoms. The molecule has 3 aromatic rings. The highest BCUT2D eigenvalue weighted by molar-refractivity contribution is 5.97. The monoisotopic (exact) mass is 418 g/mol. The first kappa shape index (κ1) is 21.2. The summed E-state index contributed by atoms with van der Waals surface area (Å²) < 4.78 is 19.0. The van der Waals surface area contributed by atoms with Crippen molar-refractivity contribution in [2.75, 3.05) is 19.6 Å². The first-order valence-electron chi connectivity index (χ1n) is 9.37. The van der Waals surface area contributed by atoms with Gasteiger partial charge >= 0.3 is 0 Å². The summed E-state index contributed by atoms with van der Waals surface area (Å²) in [5.74, 6) is -0.441. The highest BCUT2D eigenvalue weighted by Crippen LogP contribution is 2.30. The Labute approximate surface area is 174 Å². The third-order valence-corrected chi connectivity index (χ3v) is 5.02. The van der Waals surface area contributed by atoms with Gasteiger partial charge in [0.15, 0.2) is 0 Å². The predicted octanol–water partition coefficient (Wildman–Crippen LogP) is 3.87. The molecule has 0 radical (unpaired) electrons. The molecule has 0 saturated carbocycles. The summed E-state index contributed by atoms with van der Waals surface area (Å²) in [7, 11) is 0. The van der Waals surface area contributed by atoms with Crippen LogP contribution in [-0.4, -0.2) is 40.6 Å². The number of halogens is 2. The highest BCUT2D eigenvalue weighted by Gasteiger charge is 2.30. The first-order chi connectivity index (χ1) is 13.3. The average Bonchev–Trinajstić information content (AvgIpc) is 3.11. The van der Waals surface area contributed by atoms with Gasteiger partial charge in [-0.3, -0.25) is 4.79 Å². The van der Waals surface area contributed by atoms with E-state index in [0.29, 0.717) is 30.9 Å². The van der Waals surface area contributed by atoms with Crippen LogP contribution in [-0.2, 0) is 5.41 Å². The van der Waals surface area contributed by atoms with Crippen LogP contribution in [0.25, 0.3) is 11.1 Å². The normalized spacial score (nSPS) is 17.2. The molecule has 1 fully saturated rings. The van der Waals surface area contributed by atoms with Crippen LogP contribution in [0.5, 0.6) is 0 Å². The molecule has 1 unspecified atom stereocenters. The number of fused-ring (bicyclic) bond motifs is 1. The Morgan fingerprint density at radius 1 is 1.31 bits per heavy atom. The molecular formula is C21H24ClFN4O2. The minimum atomic E-state index is -0.308. The van der Waals surface area contributed by atoms with E-state index in [0.717, 1.165) is 16.6 Å². The zero-order valence-electron chi connectivity index (χ0n) is 16.6. The van der Waals surface area contributed by atoms with E-state index < -0.39 is 0 Å². The Hall–Kier alpha value is -2.51. The van der Waals surface area contributed by atoms with Gasteiger partial charge in [-0.1, -0.05) is 38.1 Å². The molecule has 1 aliphatic heterocycles. The van der Waals surface area contributed by atoms with E-state index in [-0.39, 0.29) is 35.6 Å². The molecule has 6 nitrogen and oxygen atoms in total. The van der Waals surface area contributed by atoms with Crippen LogP contribution >= 0.6 is 12.4 Å². The molecule has 1 atom stereocenters. The molecule has 29 heavy (non-hydrogen) atoms. The zero-order valence-corrected chi connectivity index (χ0v) is 17.4. The quantitative estimate of drug-likeness (QED) is 0.684. The lowest BCUT2D eigenvalue weighted by molar-refractivity contribution is 0.0633. The van der Waals surface area contributed by atoms with Gasteiger partial charge in [0.05, 0.1) is 22.7 Å². The summed E-state index contributed by atoms with van der Waals surface area (Å²) in [6, 6.07) is 7.97. The second-order valence-corrected chi connectivity index (χ2v) is 8.13. The molecule has 0 aliphatic carbocycles. The van der Waals surface area contributed by atoms with Crippen molar-refractivity contribution in [2.24, 2.45) is 0 Å². The topological polar surface area (TPSA) is 71.3 Å². The standard InChI is InChI=1S/C21H23FN4O2.ClH/c1-21(2,3)18-16-10-14(11-24-19(16)28-25-18)20(27)26-8-7-23-12-17(26)13-5-4-6-15(22)9-13;/h4-6,9-11,17,23H,7-8,12H2,1-3H3;1H. The Kier molecular flexibility index (Phi) is 5.91. The zero-order chi connectivity index (χ0) is 19.9. The predicted molar refractivity (Wildman–Crippen MR) is 111 cm³/mol. The fourth-order valence-electron chi connectivity index (χ4n) is 3.62. The number of amides is 1. The van der Waals surface area contributed by atoms with Crippen LogP contribution in [0.1, 0.15) is 48.4 Å². The van der Waals surface area contributed by atoms with Gasteiger partial charge in [0.1, 0.15) is 5.82 Å². The van der Waals surface area contributed by atoms with Crippen molar-refractivity contribution in [1.29, 1.82) is 0 Å². The Morgan fingerprint density at radius 3 is 2.83 bits per heavy atom. The summed E-state index contributed by atoms with van der Waals surface area (Å²) in [5.41, 5.74) is 2.21. The molecule has 1 aliphatic rings. The summed E-state index contributed by atoms with van der Waals surface area (Å²) in [4.78, 5) is 19.4. The summed E-state index contributed by atoms with van der Waals surface area (Å²) in [5, 5.41) is 8.17. The number of piperazine rings is 1. The molecule has 1 saturated heterocycles. The Balaban J connectivity index is 0.00000240. The average molecular weight is 419 g/mol. The number of benzene rings is 1. The third kappa shape index (κ3) is 4.11. The van der Waals surface area contributed by atoms with E-state index >= 15 is 0 Å². The van der Waals surface area contributed by atoms with Crippen molar-refractivity contribution in [3.63, 3.8) is 0 Å². The molecule has 2 aromatic heterocycles. The van der Waals surface area contributed by atoms with Crippen molar-refractivity contribution >= 4 is 29.4 Å². The lowest BCUT2D eigenvalue weighted by atomic mass is 9.90. The maximum absolute atomic E-state index is 13.7. The molecule has 4 rings (SSSR count). The number of carbonyl (C=O) groups excluding carboxylic acids is 1. The number of rotatable bonds is 2. The van der Waals surface area contributed by atoms with Gasteiger partial charge in [0, 0.05) is 31.2 Å². The number of carbonyl (C=O) groups is 1. The van der Waals surface area contributed by atoms with E-state index in [9.17, 15) is 9.18 Å². The lowest BCUT2D eigenvalue weighted by Gasteiger charge is -2.36. The lowest BCUT2D eigenvalue weighted by Crippen LogP contribution is -2.48. The second kappa shape index (κ2) is 8.08. The summed E-state index contributed by atoms with van der Waals surface area (Å²) in [6.07, 6.45) is 1.52. The van der Waals surface area contributed by atoms with Crippen molar-refractivity contribution in [1.82, 2.24) is 20.4 Å². The number of aromatic nitrogens is 2. The molecule has 1 amide bonds. The van der Waals surface area contributed by atoms with Crippen LogP contribution in [0.4, 0.5) is 4.39 Å². The van der Waals surface area contributed by atoms with Gasteiger partial charge in [0.25, 0.3) is 11.6 Å². The van der Waals surface area contributed by atoms with Gasteiger partial charge in [-0.25, -0.2) is 9.37 Å². The van der Waals surface area contributed by atoms with Crippen LogP contribution < -0.4 is 5.32 Å². The molecule has 1 aromatic carbocycles. The number of hydrogen-bond donors (Lipinski definition) is 1. The van der Waals surface area contributed by atoms with Gasteiger partial charge in [-0.2, -0.15) is 0 Å². The maximum atomic E-state index is 13.7. The molecule has 8 heteroatoms. The van der Waals surface area contributed by atoms with E-state index in [2.05, 4.69) is 15.5 Å². The third-order valence-electron chi connectivity index (χ3n) is 5.02. The second-order valence-electron chi connectivity index (χ2n) is 8.13. The van der Waals surface area contributed by atoms with E-state index in [1.807, 2.05) is 26.8 Å². The minimum Gasteiger partial charge on any atom is -0.336 e. The number of pyridine rings is 1. The largest absolute Gasteiger partial charge is 0.336 e. The fraction of sp³-hybridized carbons (Fsp3) is 0.381. The molecule has 154 valence electrons. The van der Waals surface area contributed by atoms with Gasteiger partial charge < -0.3 is 14.7 Å². The highest BCUT2D eigenvalue weighted by atomic mass is 35.5. The van der Waals surface area contributed by atoms with Gasteiger partial charge in [-0.05, 0) is 23.8 Å². The van der Waals surface area contributed by atoms with E-state index in [1.54, 1.807) is 17.0 Å².